The Balaban J connectivity index is 1.95. The first kappa shape index (κ1) is 20.9. The van der Waals surface area contributed by atoms with Crippen molar-refractivity contribution in [2.45, 2.75) is 24.8 Å². The number of hydrogen-bond donors (Lipinski definition) is 2. The summed E-state index contributed by atoms with van der Waals surface area (Å²) in [5, 5.41) is 2.99. The molecule has 2 rings (SSSR count). The Labute approximate surface area is 162 Å². The first-order valence-corrected chi connectivity index (χ1v) is 9.86. The summed E-state index contributed by atoms with van der Waals surface area (Å²) in [5.74, 6) is -1.00. The number of nitrogens with one attached hydrogen (secondary N) is 2. The fourth-order valence-electron chi connectivity index (χ4n) is 2.27. The molecule has 2 N–H and O–H groups in total. The van der Waals surface area contributed by atoms with Crippen LogP contribution in [0.1, 0.15) is 25.5 Å². The second kappa shape index (κ2) is 8.98. The summed E-state index contributed by atoms with van der Waals surface area (Å²) in [7, 11) is -3.90. The van der Waals surface area contributed by atoms with Crippen molar-refractivity contribution in [3.63, 3.8) is 0 Å². The van der Waals surface area contributed by atoms with E-state index in [9.17, 15) is 18.0 Å². The van der Waals surface area contributed by atoms with E-state index in [2.05, 4.69) is 10.0 Å². The van der Waals surface area contributed by atoms with Crippen LogP contribution in [-0.2, 0) is 24.3 Å². The SMILES string of the molecule is CC(=O)Nc1ccc(S(=O)(=O)NCC(=O)OC(C)c2ccccc2Cl)cc1. The fraction of sp³-hybridized carbons (Fsp3) is 0.222. The molecule has 9 heteroatoms. The molecule has 0 radical (unpaired) electrons. The van der Waals surface area contributed by atoms with Crippen molar-refractivity contribution < 1.29 is 22.7 Å². The fourth-order valence-corrected chi connectivity index (χ4v) is 3.52. The van der Waals surface area contributed by atoms with E-state index >= 15 is 0 Å². The van der Waals surface area contributed by atoms with Gasteiger partial charge in [0, 0.05) is 23.2 Å². The highest BCUT2D eigenvalue weighted by atomic mass is 35.5. The van der Waals surface area contributed by atoms with Gasteiger partial charge in [0.1, 0.15) is 12.6 Å². The molecule has 27 heavy (non-hydrogen) atoms. The summed E-state index contributed by atoms with van der Waals surface area (Å²) in [6.07, 6.45) is -0.618. The molecule has 0 aliphatic rings. The van der Waals surface area contributed by atoms with Crippen molar-refractivity contribution in [2.24, 2.45) is 0 Å². The van der Waals surface area contributed by atoms with Crippen LogP contribution in [0.2, 0.25) is 5.02 Å². The number of hydrogen-bond acceptors (Lipinski definition) is 5. The predicted molar refractivity (Wildman–Crippen MR) is 102 cm³/mol. The van der Waals surface area contributed by atoms with Crippen LogP contribution in [0.4, 0.5) is 5.69 Å². The number of benzene rings is 2. The molecule has 0 heterocycles. The molecule has 2 aromatic carbocycles. The summed E-state index contributed by atoms with van der Waals surface area (Å²) >= 11 is 6.05. The topological polar surface area (TPSA) is 102 Å². The average Bonchev–Trinajstić information content (AvgIpc) is 2.60. The van der Waals surface area contributed by atoms with Gasteiger partial charge in [-0.15, -0.1) is 0 Å². The quantitative estimate of drug-likeness (QED) is 0.683. The predicted octanol–water partition coefficient (Wildman–Crippen LogP) is 2.88. The Hall–Kier alpha value is -2.42. The molecule has 0 aliphatic heterocycles. The summed E-state index contributed by atoms with van der Waals surface area (Å²) in [6.45, 7) is 2.47. The van der Waals surface area contributed by atoms with E-state index < -0.39 is 28.6 Å². The van der Waals surface area contributed by atoms with Gasteiger partial charge in [-0.3, -0.25) is 9.59 Å². The highest BCUT2D eigenvalue weighted by Crippen LogP contribution is 2.24. The highest BCUT2D eigenvalue weighted by Gasteiger charge is 2.19. The maximum atomic E-state index is 12.3. The molecule has 1 atom stereocenters. The van der Waals surface area contributed by atoms with Crippen molar-refractivity contribution in [2.75, 3.05) is 11.9 Å². The standard InChI is InChI=1S/C18H19ClN2O5S/c1-12(16-5-3-4-6-17(16)19)26-18(23)11-20-27(24,25)15-9-7-14(8-10-15)21-13(2)22/h3-10,12,20H,11H2,1-2H3,(H,21,22). The van der Waals surface area contributed by atoms with Gasteiger partial charge in [-0.25, -0.2) is 8.42 Å². The van der Waals surface area contributed by atoms with Crippen LogP contribution in [0.5, 0.6) is 0 Å². The Bertz CT molecular complexity index is 929. The van der Waals surface area contributed by atoms with Gasteiger partial charge >= 0.3 is 5.97 Å². The normalized spacial score (nSPS) is 12.3. The molecule has 7 nitrogen and oxygen atoms in total. The molecule has 2 aromatic rings. The maximum absolute atomic E-state index is 12.3. The number of rotatable bonds is 7. The van der Waals surface area contributed by atoms with E-state index in [0.717, 1.165) is 0 Å². The first-order chi connectivity index (χ1) is 12.7. The zero-order valence-electron chi connectivity index (χ0n) is 14.7. The van der Waals surface area contributed by atoms with Crippen LogP contribution >= 0.6 is 11.6 Å². The third-order valence-corrected chi connectivity index (χ3v) is 5.30. The van der Waals surface area contributed by atoms with E-state index in [4.69, 9.17) is 16.3 Å². The lowest BCUT2D eigenvalue weighted by molar-refractivity contribution is -0.147. The lowest BCUT2D eigenvalue weighted by atomic mass is 10.1. The Morgan fingerprint density at radius 1 is 1.11 bits per heavy atom. The molecule has 0 aromatic heterocycles. The van der Waals surface area contributed by atoms with E-state index in [-0.39, 0.29) is 10.8 Å². The summed E-state index contributed by atoms with van der Waals surface area (Å²) < 4.78 is 31.9. The van der Waals surface area contributed by atoms with Crippen molar-refractivity contribution in [1.29, 1.82) is 0 Å². The third-order valence-electron chi connectivity index (χ3n) is 3.54. The largest absolute Gasteiger partial charge is 0.457 e. The highest BCUT2D eigenvalue weighted by molar-refractivity contribution is 7.89. The average molecular weight is 411 g/mol. The van der Waals surface area contributed by atoms with Crippen molar-refractivity contribution in [3.8, 4) is 0 Å². The number of halogens is 1. The van der Waals surface area contributed by atoms with Crippen LogP contribution in [0.15, 0.2) is 53.4 Å². The van der Waals surface area contributed by atoms with E-state index in [1.165, 1.54) is 31.2 Å². The van der Waals surface area contributed by atoms with Gasteiger partial charge in [0.2, 0.25) is 15.9 Å². The first-order valence-electron chi connectivity index (χ1n) is 8.00. The zero-order valence-corrected chi connectivity index (χ0v) is 16.3. The monoisotopic (exact) mass is 410 g/mol. The van der Waals surface area contributed by atoms with E-state index in [1.807, 2.05) is 0 Å². The molecule has 1 unspecified atom stereocenters. The molecular formula is C18H19ClN2O5S. The third kappa shape index (κ3) is 6.06. The van der Waals surface area contributed by atoms with Gasteiger partial charge in [-0.05, 0) is 37.3 Å². The number of carbonyl (C=O) groups excluding carboxylic acids is 2. The Kier molecular flexibility index (Phi) is 6.95. The van der Waals surface area contributed by atoms with Crippen LogP contribution in [0.25, 0.3) is 0 Å². The summed E-state index contributed by atoms with van der Waals surface area (Å²) in [6, 6.07) is 12.5. The number of sulfonamides is 1. The zero-order chi connectivity index (χ0) is 20.0. The summed E-state index contributed by atoms with van der Waals surface area (Å²) in [5.41, 5.74) is 1.10. The number of carbonyl (C=O) groups is 2. The molecule has 0 saturated heterocycles. The molecule has 144 valence electrons. The molecule has 0 aliphatic carbocycles. The van der Waals surface area contributed by atoms with Gasteiger partial charge in [0.15, 0.2) is 0 Å². The van der Waals surface area contributed by atoms with E-state index in [1.54, 1.807) is 31.2 Å². The molecular weight excluding hydrogens is 392 g/mol. The number of anilines is 1. The molecule has 1 amide bonds. The van der Waals surface area contributed by atoms with Gasteiger partial charge < -0.3 is 10.1 Å². The smallest absolute Gasteiger partial charge is 0.321 e. The second-order valence-electron chi connectivity index (χ2n) is 5.68. The number of ether oxygens (including phenoxy) is 1. The van der Waals surface area contributed by atoms with Crippen molar-refractivity contribution in [1.82, 2.24) is 4.72 Å². The Morgan fingerprint density at radius 2 is 1.74 bits per heavy atom. The maximum Gasteiger partial charge on any atom is 0.321 e. The van der Waals surface area contributed by atoms with Crippen molar-refractivity contribution in [3.05, 3.63) is 59.1 Å². The minimum Gasteiger partial charge on any atom is -0.457 e. The molecule has 0 fully saturated rings. The number of amides is 1. The molecule has 0 bridgehead atoms. The number of esters is 1. The van der Waals surface area contributed by atoms with Gasteiger partial charge in [0.25, 0.3) is 0 Å². The minimum atomic E-state index is -3.90. The minimum absolute atomic E-state index is 0.0384. The van der Waals surface area contributed by atoms with Crippen LogP contribution in [0.3, 0.4) is 0 Å². The summed E-state index contributed by atoms with van der Waals surface area (Å²) in [4.78, 5) is 22.9. The van der Waals surface area contributed by atoms with Gasteiger partial charge in [0.05, 0.1) is 4.90 Å². The van der Waals surface area contributed by atoms with Crippen LogP contribution in [0, 0.1) is 0 Å². The van der Waals surface area contributed by atoms with Crippen LogP contribution in [-0.4, -0.2) is 26.8 Å². The van der Waals surface area contributed by atoms with E-state index in [0.29, 0.717) is 16.3 Å². The van der Waals surface area contributed by atoms with Gasteiger partial charge in [-0.2, -0.15) is 4.72 Å². The lowest BCUT2D eigenvalue weighted by Crippen LogP contribution is -2.31. The van der Waals surface area contributed by atoms with Crippen molar-refractivity contribution >= 4 is 39.2 Å². The molecule has 0 saturated carbocycles. The second-order valence-corrected chi connectivity index (χ2v) is 7.86. The van der Waals surface area contributed by atoms with Gasteiger partial charge in [-0.1, -0.05) is 29.8 Å². The molecule has 0 spiro atoms. The Morgan fingerprint density at radius 3 is 2.33 bits per heavy atom. The van der Waals surface area contributed by atoms with Crippen LogP contribution < -0.4 is 10.0 Å². The lowest BCUT2D eigenvalue weighted by Gasteiger charge is -2.15.